The van der Waals surface area contributed by atoms with Crippen LogP contribution in [0.5, 0.6) is 5.75 Å². The molecule has 0 heterocycles. The molecule has 14 heteroatoms. The van der Waals surface area contributed by atoms with E-state index in [2.05, 4.69) is 5.10 Å². The first-order valence-electron chi connectivity index (χ1n) is 9.20. The molecule has 2 aromatic carbocycles. The Labute approximate surface area is 216 Å². The average molecular weight is 718 g/mol. The molecule has 0 aromatic heterocycles. The molecule has 0 aliphatic rings. The van der Waals surface area contributed by atoms with Gasteiger partial charge in [0.05, 0.1) is 25.5 Å². The number of nitrogens with zero attached hydrogens (tertiary/aromatic N) is 1. The maximum atomic E-state index is 13.2. The summed E-state index contributed by atoms with van der Waals surface area (Å²) in [5.74, 6) is -6.34. The predicted octanol–water partition coefficient (Wildman–Crippen LogP) is 6.37. The van der Waals surface area contributed by atoms with Crippen LogP contribution in [0.1, 0.15) is 28.4 Å². The van der Waals surface area contributed by atoms with Crippen LogP contribution in [0.4, 0.5) is 30.7 Å². The molecule has 1 N–H and O–H groups in total. The molecule has 34 heavy (non-hydrogen) atoms. The van der Waals surface area contributed by atoms with Crippen molar-refractivity contribution < 1.29 is 45.0 Å². The van der Waals surface area contributed by atoms with Crippen LogP contribution >= 0.6 is 45.2 Å². The third kappa shape index (κ3) is 6.85. The van der Waals surface area contributed by atoms with E-state index in [0.717, 1.165) is 5.56 Å². The van der Waals surface area contributed by atoms with Crippen LogP contribution in [0.25, 0.3) is 0 Å². The van der Waals surface area contributed by atoms with Crippen molar-refractivity contribution >= 4 is 57.4 Å². The molecule has 0 fully saturated rings. The van der Waals surface area contributed by atoms with Gasteiger partial charge in [-0.3, -0.25) is 0 Å². The van der Waals surface area contributed by atoms with Crippen molar-refractivity contribution in [2.24, 2.45) is 5.10 Å². The highest BCUT2D eigenvalue weighted by molar-refractivity contribution is 14.1. The van der Waals surface area contributed by atoms with Crippen molar-refractivity contribution in [3.8, 4) is 5.75 Å². The van der Waals surface area contributed by atoms with E-state index in [4.69, 9.17) is 9.47 Å². The number of nitrogens with one attached hydrogen (secondary N) is 1. The van der Waals surface area contributed by atoms with Gasteiger partial charge in [-0.05, 0) is 87.5 Å². The lowest BCUT2D eigenvalue weighted by Gasteiger charge is -2.27. The molecule has 5 nitrogen and oxygen atoms in total. The van der Waals surface area contributed by atoms with Crippen molar-refractivity contribution in [3.05, 3.63) is 60.2 Å². The minimum Gasteiger partial charge on any atom is -0.487 e. The number of hydrogen-bond donors (Lipinski definition) is 1. The summed E-state index contributed by atoms with van der Waals surface area (Å²) in [7, 11) is 0. The van der Waals surface area contributed by atoms with Crippen LogP contribution < -0.4 is 10.2 Å². The Hall–Kier alpha value is -1.85. The standard InChI is InChI=1S/C20H15F7I2N2O3/c1-2-33-17(32)13-5-3-11(4-6-13)10-34-16-14(28)7-12(8-15(16)29)9-30-31-20(26,27)18(21,22)19(23,24)25/h3-9,31H,2,10H2,1H3/b30-9-. The molecule has 0 radical (unpaired) electrons. The fourth-order valence-electron chi connectivity index (χ4n) is 2.34. The van der Waals surface area contributed by atoms with Crippen molar-refractivity contribution in [2.45, 2.75) is 31.7 Å². The van der Waals surface area contributed by atoms with E-state index in [1.165, 1.54) is 12.1 Å². The first-order chi connectivity index (χ1) is 15.7. The summed E-state index contributed by atoms with van der Waals surface area (Å²) in [6.07, 6.45) is -5.77. The Morgan fingerprint density at radius 3 is 2.09 bits per heavy atom. The molecule has 0 bridgehead atoms. The van der Waals surface area contributed by atoms with E-state index < -0.39 is 24.1 Å². The van der Waals surface area contributed by atoms with Crippen LogP contribution in [0.2, 0.25) is 0 Å². The SMILES string of the molecule is CCOC(=O)c1ccc(COc2c(I)cc(/C=N\NC(F)(F)C(F)(F)C(F)(F)F)cc2I)cc1. The fraction of sp³-hybridized carbons (Fsp3) is 0.300. The third-order valence-electron chi connectivity index (χ3n) is 4.04. The molecule has 0 amide bonds. The molecule has 0 aliphatic heterocycles. The van der Waals surface area contributed by atoms with E-state index >= 15 is 0 Å². The summed E-state index contributed by atoms with van der Waals surface area (Å²) in [4.78, 5) is 11.7. The summed E-state index contributed by atoms with van der Waals surface area (Å²) >= 11 is 3.76. The van der Waals surface area contributed by atoms with Gasteiger partial charge in [0.1, 0.15) is 12.4 Å². The lowest BCUT2D eigenvalue weighted by atomic mass is 10.1. The lowest BCUT2D eigenvalue weighted by Crippen LogP contribution is -2.58. The number of halogens is 9. The number of rotatable bonds is 9. The molecule has 0 saturated carbocycles. The lowest BCUT2D eigenvalue weighted by molar-refractivity contribution is -0.361. The van der Waals surface area contributed by atoms with Crippen LogP contribution in [0.15, 0.2) is 41.5 Å². The van der Waals surface area contributed by atoms with E-state index in [0.29, 0.717) is 30.1 Å². The van der Waals surface area contributed by atoms with Gasteiger partial charge in [-0.15, -0.1) is 0 Å². The van der Waals surface area contributed by atoms with Crippen molar-refractivity contribution in [1.29, 1.82) is 0 Å². The van der Waals surface area contributed by atoms with Gasteiger partial charge in [0, 0.05) is 0 Å². The summed E-state index contributed by atoms with van der Waals surface area (Å²) in [6, 6.07) is 3.69. The average Bonchev–Trinajstić information content (AvgIpc) is 2.72. The van der Waals surface area contributed by atoms with Gasteiger partial charge in [0.2, 0.25) is 0 Å². The second-order valence-corrected chi connectivity index (χ2v) is 8.86. The second kappa shape index (κ2) is 11.3. The molecule has 0 unspecified atom stereocenters. The number of benzene rings is 2. The fourth-order valence-corrected chi connectivity index (χ4v) is 4.46. The van der Waals surface area contributed by atoms with Gasteiger partial charge in [-0.25, -0.2) is 10.2 Å². The number of ether oxygens (including phenoxy) is 2. The Morgan fingerprint density at radius 1 is 1.03 bits per heavy atom. The Balaban J connectivity index is 2.07. The van der Waals surface area contributed by atoms with Gasteiger partial charge in [-0.1, -0.05) is 12.1 Å². The molecule has 0 saturated heterocycles. The molecule has 2 rings (SSSR count). The Bertz CT molecular complexity index is 1020. The first-order valence-corrected chi connectivity index (χ1v) is 11.4. The number of carbonyl (C=O) groups excluding carboxylic acids is 1. The van der Waals surface area contributed by atoms with Gasteiger partial charge < -0.3 is 9.47 Å². The highest BCUT2D eigenvalue weighted by Crippen LogP contribution is 2.45. The Kier molecular flexibility index (Phi) is 9.40. The molecular weight excluding hydrogens is 703 g/mol. The normalized spacial score (nSPS) is 12.6. The zero-order valence-electron chi connectivity index (χ0n) is 17.0. The summed E-state index contributed by atoms with van der Waals surface area (Å²) in [5.41, 5.74) is 1.84. The molecule has 2 aromatic rings. The highest BCUT2D eigenvalue weighted by Gasteiger charge is 2.73. The maximum Gasteiger partial charge on any atom is 0.462 e. The van der Waals surface area contributed by atoms with E-state index in [-0.39, 0.29) is 18.8 Å². The number of esters is 1. The van der Waals surface area contributed by atoms with E-state index in [9.17, 15) is 35.5 Å². The molecule has 0 atom stereocenters. The summed E-state index contributed by atoms with van der Waals surface area (Å²) < 4.78 is 100. The number of hydrogen-bond acceptors (Lipinski definition) is 5. The van der Waals surface area contributed by atoms with Crippen LogP contribution in [-0.2, 0) is 11.3 Å². The molecule has 0 aliphatic carbocycles. The quantitative estimate of drug-likeness (QED) is 0.0819. The van der Waals surface area contributed by atoms with E-state index in [1.807, 2.05) is 45.2 Å². The van der Waals surface area contributed by atoms with E-state index in [1.54, 1.807) is 31.2 Å². The van der Waals surface area contributed by atoms with Crippen molar-refractivity contribution in [2.75, 3.05) is 6.61 Å². The van der Waals surface area contributed by atoms with Crippen LogP contribution in [-0.4, -0.2) is 36.9 Å². The van der Waals surface area contributed by atoms with Gasteiger partial charge in [0.15, 0.2) is 0 Å². The van der Waals surface area contributed by atoms with Crippen LogP contribution in [0.3, 0.4) is 0 Å². The number of alkyl halides is 7. The van der Waals surface area contributed by atoms with Gasteiger partial charge >= 0.3 is 24.1 Å². The highest BCUT2D eigenvalue weighted by atomic mass is 127. The first kappa shape index (κ1) is 28.4. The number of carbonyl (C=O) groups is 1. The molecular formula is C20H15F7I2N2O3. The summed E-state index contributed by atoms with van der Waals surface area (Å²) in [6.45, 7) is 2.07. The smallest absolute Gasteiger partial charge is 0.462 e. The monoisotopic (exact) mass is 718 g/mol. The van der Waals surface area contributed by atoms with Gasteiger partial charge in [-0.2, -0.15) is 35.8 Å². The van der Waals surface area contributed by atoms with Crippen molar-refractivity contribution in [3.63, 3.8) is 0 Å². The molecule has 0 spiro atoms. The topological polar surface area (TPSA) is 59.9 Å². The second-order valence-electron chi connectivity index (χ2n) is 6.54. The predicted molar refractivity (Wildman–Crippen MR) is 125 cm³/mol. The number of hydrazone groups is 1. The van der Waals surface area contributed by atoms with Crippen LogP contribution in [0, 0.1) is 7.14 Å². The maximum absolute atomic E-state index is 13.2. The zero-order chi connectivity index (χ0) is 25.7. The third-order valence-corrected chi connectivity index (χ3v) is 5.64. The zero-order valence-corrected chi connectivity index (χ0v) is 21.3. The Morgan fingerprint density at radius 2 is 1.59 bits per heavy atom. The molecule has 186 valence electrons. The minimum atomic E-state index is -6.46. The van der Waals surface area contributed by atoms with Crippen molar-refractivity contribution in [1.82, 2.24) is 5.43 Å². The summed E-state index contributed by atoms with van der Waals surface area (Å²) in [5, 5.41) is 2.84. The van der Waals surface area contributed by atoms with Gasteiger partial charge in [0.25, 0.3) is 0 Å². The largest absolute Gasteiger partial charge is 0.487 e. The minimum absolute atomic E-state index is 0.128.